The number of ether oxygens (including phenoxy) is 1. The molecule has 3 N–H and O–H groups in total. The Hall–Kier alpha value is -2.36. The van der Waals surface area contributed by atoms with Gasteiger partial charge < -0.3 is 10.5 Å². The summed E-state index contributed by atoms with van der Waals surface area (Å²) in [6, 6.07) is 12.5. The summed E-state index contributed by atoms with van der Waals surface area (Å²) >= 11 is 0. The van der Waals surface area contributed by atoms with Crippen LogP contribution in [-0.4, -0.2) is 5.84 Å². The fourth-order valence-electron chi connectivity index (χ4n) is 2.01. The van der Waals surface area contributed by atoms with E-state index in [1.165, 1.54) is 11.6 Å². The molecule has 0 saturated carbocycles. The minimum absolute atomic E-state index is 0.103. The largest absolute Gasteiger partial charge is 0.489 e. The molecule has 2 aromatic rings. The van der Waals surface area contributed by atoms with Crippen molar-refractivity contribution in [2.75, 3.05) is 0 Å². The van der Waals surface area contributed by atoms with Gasteiger partial charge in [-0.1, -0.05) is 38.1 Å². The summed E-state index contributed by atoms with van der Waals surface area (Å²) in [5.74, 6) is 0.371. The Bertz CT molecular complexity index is 636. The Labute approximate surface area is 124 Å². The van der Waals surface area contributed by atoms with Crippen LogP contribution in [0.5, 0.6) is 5.75 Å². The third-order valence-corrected chi connectivity index (χ3v) is 3.31. The smallest absolute Gasteiger partial charge is 0.140 e. The predicted octanol–water partition coefficient (Wildman–Crippen LogP) is 3.81. The highest BCUT2D eigenvalue weighted by Crippen LogP contribution is 2.20. The number of rotatable bonds is 5. The minimum Gasteiger partial charge on any atom is -0.489 e. The van der Waals surface area contributed by atoms with E-state index >= 15 is 0 Å². The molecular weight excluding hydrogens is 267 g/mol. The highest BCUT2D eigenvalue weighted by molar-refractivity contribution is 5.95. The van der Waals surface area contributed by atoms with Crippen LogP contribution in [0.1, 0.15) is 36.5 Å². The van der Waals surface area contributed by atoms with E-state index in [2.05, 4.69) is 13.8 Å². The third kappa shape index (κ3) is 3.60. The topological polar surface area (TPSA) is 59.1 Å². The van der Waals surface area contributed by atoms with E-state index in [-0.39, 0.29) is 18.0 Å². The first-order chi connectivity index (χ1) is 9.99. The molecule has 0 aliphatic rings. The van der Waals surface area contributed by atoms with Gasteiger partial charge in [0.15, 0.2) is 0 Å². The first-order valence-corrected chi connectivity index (χ1v) is 6.83. The number of benzene rings is 2. The quantitative estimate of drug-likeness (QED) is 0.648. The molecule has 3 nitrogen and oxygen atoms in total. The lowest BCUT2D eigenvalue weighted by Crippen LogP contribution is -2.14. The number of nitrogens with one attached hydrogen (secondary N) is 1. The number of halogens is 1. The first kappa shape index (κ1) is 15.0. The van der Waals surface area contributed by atoms with Gasteiger partial charge in [-0.15, -0.1) is 0 Å². The molecule has 2 aromatic carbocycles. The van der Waals surface area contributed by atoms with Crippen molar-refractivity contribution in [2.45, 2.75) is 26.4 Å². The first-order valence-electron chi connectivity index (χ1n) is 6.83. The van der Waals surface area contributed by atoms with E-state index in [0.29, 0.717) is 17.2 Å². The summed E-state index contributed by atoms with van der Waals surface area (Å²) < 4.78 is 19.7. The Morgan fingerprint density at radius 2 is 1.86 bits per heavy atom. The molecule has 0 aromatic heterocycles. The maximum absolute atomic E-state index is 14.1. The van der Waals surface area contributed by atoms with Crippen LogP contribution in [0.3, 0.4) is 0 Å². The van der Waals surface area contributed by atoms with Gasteiger partial charge in [0.1, 0.15) is 24.0 Å². The number of nitrogens with two attached hydrogens (primary N) is 1. The van der Waals surface area contributed by atoms with E-state index in [0.717, 1.165) is 0 Å². The van der Waals surface area contributed by atoms with Crippen molar-refractivity contribution in [3.8, 4) is 5.75 Å². The van der Waals surface area contributed by atoms with Gasteiger partial charge in [0.05, 0.1) is 5.56 Å². The van der Waals surface area contributed by atoms with E-state index in [1.807, 2.05) is 24.3 Å². The van der Waals surface area contributed by atoms with Gasteiger partial charge in [-0.2, -0.15) is 0 Å². The van der Waals surface area contributed by atoms with Gasteiger partial charge in [-0.3, -0.25) is 5.41 Å². The van der Waals surface area contributed by atoms with Crippen LogP contribution < -0.4 is 10.5 Å². The zero-order valence-electron chi connectivity index (χ0n) is 12.2. The zero-order valence-corrected chi connectivity index (χ0v) is 12.2. The fourth-order valence-corrected chi connectivity index (χ4v) is 2.01. The zero-order chi connectivity index (χ0) is 15.4. The molecule has 0 heterocycles. The van der Waals surface area contributed by atoms with E-state index in [1.54, 1.807) is 12.1 Å². The standard InChI is InChI=1S/C17H19FN2O/c1-11(2)12-6-8-14(9-7-12)21-10-13-4-3-5-15(16(13)18)17(19)20/h3-9,11H,10H2,1-2H3,(H3,19,20). The molecule has 0 saturated heterocycles. The van der Waals surface area contributed by atoms with Gasteiger partial charge in [-0.25, -0.2) is 4.39 Å². The number of hydrogen-bond donors (Lipinski definition) is 2. The average molecular weight is 286 g/mol. The molecule has 0 amide bonds. The molecule has 0 aliphatic heterocycles. The highest BCUT2D eigenvalue weighted by Gasteiger charge is 2.10. The maximum Gasteiger partial charge on any atom is 0.140 e. The lowest BCUT2D eigenvalue weighted by atomic mass is 10.0. The summed E-state index contributed by atoms with van der Waals surface area (Å²) in [6.45, 7) is 4.35. The van der Waals surface area contributed by atoms with Crippen molar-refractivity contribution in [1.82, 2.24) is 0 Å². The van der Waals surface area contributed by atoms with Gasteiger partial charge in [0.25, 0.3) is 0 Å². The lowest BCUT2D eigenvalue weighted by molar-refractivity contribution is 0.299. The molecule has 110 valence electrons. The summed E-state index contributed by atoms with van der Waals surface area (Å²) in [5.41, 5.74) is 7.05. The number of hydrogen-bond acceptors (Lipinski definition) is 2. The molecular formula is C17H19FN2O. The SMILES string of the molecule is CC(C)c1ccc(OCc2cccc(C(=N)N)c2F)cc1. The van der Waals surface area contributed by atoms with Crippen LogP contribution in [0.2, 0.25) is 0 Å². The van der Waals surface area contributed by atoms with Crippen molar-refractivity contribution < 1.29 is 9.13 Å². The van der Waals surface area contributed by atoms with Crippen LogP contribution in [0.25, 0.3) is 0 Å². The molecule has 2 rings (SSSR count). The summed E-state index contributed by atoms with van der Waals surface area (Å²) in [7, 11) is 0. The van der Waals surface area contributed by atoms with Crippen LogP contribution in [0.4, 0.5) is 4.39 Å². The van der Waals surface area contributed by atoms with E-state index in [9.17, 15) is 4.39 Å². The van der Waals surface area contributed by atoms with E-state index in [4.69, 9.17) is 15.9 Å². The predicted molar refractivity (Wildman–Crippen MR) is 82.3 cm³/mol. The lowest BCUT2D eigenvalue weighted by Gasteiger charge is -2.11. The van der Waals surface area contributed by atoms with Crippen molar-refractivity contribution >= 4 is 5.84 Å². The minimum atomic E-state index is -0.496. The number of amidine groups is 1. The number of nitrogen functional groups attached to an aromatic ring is 1. The Morgan fingerprint density at radius 1 is 1.19 bits per heavy atom. The summed E-state index contributed by atoms with van der Waals surface area (Å²) in [6.07, 6.45) is 0. The molecule has 0 bridgehead atoms. The molecule has 0 aliphatic carbocycles. The molecule has 0 fully saturated rings. The molecule has 0 atom stereocenters. The Morgan fingerprint density at radius 3 is 2.43 bits per heavy atom. The second kappa shape index (κ2) is 6.39. The molecule has 0 unspecified atom stereocenters. The van der Waals surface area contributed by atoms with Gasteiger partial charge in [-0.05, 0) is 29.7 Å². The fraction of sp³-hybridized carbons (Fsp3) is 0.235. The second-order valence-corrected chi connectivity index (χ2v) is 5.20. The second-order valence-electron chi connectivity index (χ2n) is 5.20. The van der Waals surface area contributed by atoms with Gasteiger partial charge >= 0.3 is 0 Å². The normalized spacial score (nSPS) is 10.7. The van der Waals surface area contributed by atoms with Crippen molar-refractivity contribution in [3.05, 3.63) is 65.0 Å². The summed E-state index contributed by atoms with van der Waals surface area (Å²) in [4.78, 5) is 0. The van der Waals surface area contributed by atoms with E-state index < -0.39 is 5.82 Å². The van der Waals surface area contributed by atoms with Crippen LogP contribution in [-0.2, 0) is 6.61 Å². The third-order valence-electron chi connectivity index (χ3n) is 3.31. The van der Waals surface area contributed by atoms with Crippen molar-refractivity contribution in [1.29, 1.82) is 5.41 Å². The Balaban J connectivity index is 2.09. The van der Waals surface area contributed by atoms with Crippen molar-refractivity contribution in [2.24, 2.45) is 5.73 Å². The molecule has 0 spiro atoms. The summed E-state index contributed by atoms with van der Waals surface area (Å²) in [5, 5.41) is 7.33. The molecule has 21 heavy (non-hydrogen) atoms. The Kier molecular flexibility index (Phi) is 4.58. The average Bonchev–Trinajstić information content (AvgIpc) is 2.46. The molecule has 0 radical (unpaired) electrons. The van der Waals surface area contributed by atoms with Crippen LogP contribution >= 0.6 is 0 Å². The van der Waals surface area contributed by atoms with Gasteiger partial charge in [0.2, 0.25) is 0 Å². The maximum atomic E-state index is 14.1. The van der Waals surface area contributed by atoms with Crippen LogP contribution in [0, 0.1) is 11.2 Å². The van der Waals surface area contributed by atoms with Crippen LogP contribution in [0.15, 0.2) is 42.5 Å². The monoisotopic (exact) mass is 286 g/mol. The van der Waals surface area contributed by atoms with Gasteiger partial charge in [0, 0.05) is 5.56 Å². The molecule has 4 heteroatoms. The van der Waals surface area contributed by atoms with Crippen molar-refractivity contribution in [3.63, 3.8) is 0 Å². The highest BCUT2D eigenvalue weighted by atomic mass is 19.1.